The highest BCUT2D eigenvalue weighted by atomic mass is 16.5. The minimum Gasteiger partial charge on any atom is -0.461 e. The van der Waals surface area contributed by atoms with Crippen molar-refractivity contribution in [2.45, 2.75) is 26.8 Å². The molecular formula is C14H18N4O2. The molecule has 0 saturated carbocycles. The summed E-state index contributed by atoms with van der Waals surface area (Å²) in [5.41, 5.74) is 8.25. The van der Waals surface area contributed by atoms with Gasteiger partial charge in [-0.15, -0.1) is 0 Å². The molecule has 2 N–H and O–H groups in total. The molecule has 0 radical (unpaired) electrons. The Hall–Kier alpha value is -2.37. The summed E-state index contributed by atoms with van der Waals surface area (Å²) in [6.07, 6.45) is 4.08. The number of esters is 1. The van der Waals surface area contributed by atoms with E-state index in [4.69, 9.17) is 10.5 Å². The average molecular weight is 274 g/mol. The quantitative estimate of drug-likeness (QED) is 0.837. The number of carbonyl (C=O) groups is 1. The normalized spacial score (nSPS) is 10.5. The van der Waals surface area contributed by atoms with Crippen molar-refractivity contribution in [3.8, 4) is 0 Å². The van der Waals surface area contributed by atoms with E-state index in [0.717, 1.165) is 5.56 Å². The van der Waals surface area contributed by atoms with Crippen molar-refractivity contribution in [1.29, 1.82) is 0 Å². The lowest BCUT2D eigenvalue weighted by atomic mass is 10.2. The van der Waals surface area contributed by atoms with E-state index in [-0.39, 0.29) is 6.61 Å². The van der Waals surface area contributed by atoms with Crippen LogP contribution in [0.3, 0.4) is 0 Å². The highest BCUT2D eigenvalue weighted by Crippen LogP contribution is 2.17. The Balaban J connectivity index is 1.99. The summed E-state index contributed by atoms with van der Waals surface area (Å²) in [5, 5.41) is 4.20. The van der Waals surface area contributed by atoms with E-state index in [9.17, 15) is 4.79 Å². The minimum absolute atomic E-state index is 0.290. The van der Waals surface area contributed by atoms with Gasteiger partial charge >= 0.3 is 5.97 Å². The van der Waals surface area contributed by atoms with Gasteiger partial charge in [-0.25, -0.2) is 4.79 Å². The number of pyridine rings is 1. The maximum atomic E-state index is 12.1. The number of hydrogen-bond donors (Lipinski definition) is 1. The molecule has 6 nitrogen and oxygen atoms in total. The lowest BCUT2D eigenvalue weighted by molar-refractivity contribution is 0.0496. The molecule has 0 spiro atoms. The number of rotatable bonds is 5. The van der Waals surface area contributed by atoms with Crippen LogP contribution in [0.4, 0.5) is 5.69 Å². The first-order chi connectivity index (χ1) is 9.63. The van der Waals surface area contributed by atoms with E-state index >= 15 is 0 Å². The smallest absolute Gasteiger partial charge is 0.358 e. The highest BCUT2D eigenvalue weighted by Gasteiger charge is 2.20. The van der Waals surface area contributed by atoms with Gasteiger partial charge in [0.1, 0.15) is 0 Å². The van der Waals surface area contributed by atoms with E-state index in [1.54, 1.807) is 24.0 Å². The molecule has 0 aliphatic heterocycles. The van der Waals surface area contributed by atoms with Gasteiger partial charge in [-0.1, -0.05) is 6.07 Å². The summed E-state index contributed by atoms with van der Waals surface area (Å²) >= 11 is 0. The average Bonchev–Trinajstić information content (AvgIpc) is 2.75. The number of ether oxygens (including phenoxy) is 1. The molecule has 0 unspecified atom stereocenters. The summed E-state index contributed by atoms with van der Waals surface area (Å²) in [5.74, 6) is -0.436. The zero-order valence-electron chi connectivity index (χ0n) is 11.7. The van der Waals surface area contributed by atoms with Gasteiger partial charge in [-0.3, -0.25) is 9.67 Å². The second-order valence-corrected chi connectivity index (χ2v) is 4.41. The van der Waals surface area contributed by atoms with Gasteiger partial charge in [0.05, 0.1) is 18.0 Å². The number of nitrogens with two attached hydrogens (primary N) is 1. The number of nitrogens with zero attached hydrogens (tertiary/aromatic N) is 3. The van der Waals surface area contributed by atoms with E-state index < -0.39 is 5.97 Å². The van der Waals surface area contributed by atoms with Crippen LogP contribution in [0.15, 0.2) is 24.5 Å². The maximum absolute atomic E-state index is 12.1. The Morgan fingerprint density at radius 1 is 1.50 bits per heavy atom. The fourth-order valence-corrected chi connectivity index (χ4v) is 1.92. The van der Waals surface area contributed by atoms with Gasteiger partial charge in [-0.2, -0.15) is 5.10 Å². The molecule has 2 heterocycles. The number of aromatic nitrogens is 3. The molecule has 0 atom stereocenters. The highest BCUT2D eigenvalue weighted by molar-refractivity contribution is 5.93. The Morgan fingerprint density at radius 3 is 2.95 bits per heavy atom. The van der Waals surface area contributed by atoms with Crippen LogP contribution in [-0.2, 0) is 17.7 Å². The van der Waals surface area contributed by atoms with Crippen molar-refractivity contribution in [2.24, 2.45) is 0 Å². The molecule has 0 aliphatic rings. The number of nitrogen functional groups attached to an aromatic ring is 1. The summed E-state index contributed by atoms with van der Waals surface area (Å²) in [4.78, 5) is 16.1. The van der Waals surface area contributed by atoms with Crippen LogP contribution in [0, 0.1) is 6.92 Å². The van der Waals surface area contributed by atoms with Gasteiger partial charge in [0.15, 0.2) is 5.69 Å². The predicted molar refractivity (Wildman–Crippen MR) is 75.3 cm³/mol. The third-order valence-electron chi connectivity index (χ3n) is 3.01. The molecule has 0 fully saturated rings. The molecule has 2 aromatic heterocycles. The Labute approximate surface area is 117 Å². The van der Waals surface area contributed by atoms with E-state index in [0.29, 0.717) is 30.0 Å². The second kappa shape index (κ2) is 6.18. The predicted octanol–water partition coefficient (Wildman–Crippen LogP) is 1.59. The van der Waals surface area contributed by atoms with Crippen molar-refractivity contribution < 1.29 is 9.53 Å². The minimum atomic E-state index is -0.436. The van der Waals surface area contributed by atoms with Crippen LogP contribution in [0.2, 0.25) is 0 Å². The molecule has 6 heteroatoms. The topological polar surface area (TPSA) is 83.0 Å². The molecule has 0 amide bonds. The summed E-state index contributed by atoms with van der Waals surface area (Å²) in [6.45, 7) is 4.54. The van der Waals surface area contributed by atoms with Crippen molar-refractivity contribution in [2.75, 3.05) is 12.3 Å². The standard InChI is InChI=1S/C14H18N4O2/c1-3-18-13(12(15)10(2)17-18)14(19)20-8-6-11-5-4-7-16-9-11/h4-5,7,9H,3,6,8,15H2,1-2H3. The molecule has 0 aromatic carbocycles. The lowest BCUT2D eigenvalue weighted by Crippen LogP contribution is -2.15. The van der Waals surface area contributed by atoms with Gasteiger partial charge in [-0.05, 0) is 25.5 Å². The maximum Gasteiger partial charge on any atom is 0.358 e. The van der Waals surface area contributed by atoms with Crippen LogP contribution in [0.1, 0.15) is 28.7 Å². The lowest BCUT2D eigenvalue weighted by Gasteiger charge is -2.07. The van der Waals surface area contributed by atoms with Crippen molar-refractivity contribution in [3.05, 3.63) is 41.5 Å². The first-order valence-electron chi connectivity index (χ1n) is 6.52. The monoisotopic (exact) mass is 274 g/mol. The number of hydrogen-bond acceptors (Lipinski definition) is 5. The summed E-state index contributed by atoms with van der Waals surface area (Å²) in [6, 6.07) is 3.79. The van der Waals surface area contributed by atoms with E-state index in [1.807, 2.05) is 19.1 Å². The number of carbonyl (C=O) groups excluding carboxylic acids is 1. The largest absolute Gasteiger partial charge is 0.461 e. The Kier molecular flexibility index (Phi) is 4.34. The fraction of sp³-hybridized carbons (Fsp3) is 0.357. The molecule has 2 aromatic rings. The van der Waals surface area contributed by atoms with E-state index in [1.165, 1.54) is 0 Å². The Morgan fingerprint density at radius 2 is 2.30 bits per heavy atom. The molecule has 2 rings (SSSR count). The summed E-state index contributed by atoms with van der Waals surface area (Å²) in [7, 11) is 0. The SMILES string of the molecule is CCn1nc(C)c(N)c1C(=O)OCCc1cccnc1. The van der Waals surface area contributed by atoms with Crippen molar-refractivity contribution >= 4 is 11.7 Å². The molecule has 106 valence electrons. The van der Waals surface area contributed by atoms with Gasteiger partial charge in [0, 0.05) is 25.4 Å². The van der Waals surface area contributed by atoms with Crippen LogP contribution in [0.25, 0.3) is 0 Å². The van der Waals surface area contributed by atoms with Gasteiger partial charge in [0.2, 0.25) is 0 Å². The van der Waals surface area contributed by atoms with Crippen LogP contribution >= 0.6 is 0 Å². The van der Waals surface area contributed by atoms with Crippen LogP contribution in [0.5, 0.6) is 0 Å². The first-order valence-corrected chi connectivity index (χ1v) is 6.52. The third-order valence-corrected chi connectivity index (χ3v) is 3.01. The first kappa shape index (κ1) is 14.0. The number of aryl methyl sites for hydroxylation is 2. The zero-order valence-corrected chi connectivity index (χ0v) is 11.7. The van der Waals surface area contributed by atoms with Crippen LogP contribution < -0.4 is 5.73 Å². The third kappa shape index (κ3) is 2.96. The molecule has 20 heavy (non-hydrogen) atoms. The number of anilines is 1. The molecular weight excluding hydrogens is 256 g/mol. The molecule has 0 saturated heterocycles. The van der Waals surface area contributed by atoms with Crippen molar-refractivity contribution in [3.63, 3.8) is 0 Å². The second-order valence-electron chi connectivity index (χ2n) is 4.41. The van der Waals surface area contributed by atoms with Crippen molar-refractivity contribution in [1.82, 2.24) is 14.8 Å². The molecule has 0 bridgehead atoms. The Bertz CT molecular complexity index is 593. The summed E-state index contributed by atoms with van der Waals surface area (Å²) < 4.78 is 6.83. The zero-order chi connectivity index (χ0) is 14.5. The fourth-order valence-electron chi connectivity index (χ4n) is 1.92. The molecule has 0 aliphatic carbocycles. The van der Waals surface area contributed by atoms with Gasteiger partial charge in [0.25, 0.3) is 0 Å². The van der Waals surface area contributed by atoms with Crippen LogP contribution in [-0.4, -0.2) is 27.3 Å². The van der Waals surface area contributed by atoms with Gasteiger partial charge < -0.3 is 10.5 Å². The van der Waals surface area contributed by atoms with E-state index in [2.05, 4.69) is 10.1 Å².